The van der Waals surface area contributed by atoms with Crippen LogP contribution in [-0.4, -0.2) is 63.3 Å². The van der Waals surface area contributed by atoms with Gasteiger partial charge in [-0.1, -0.05) is 36.4 Å². The monoisotopic (exact) mass is 449 g/mol. The van der Waals surface area contributed by atoms with Gasteiger partial charge in [-0.25, -0.2) is 4.68 Å². The maximum atomic E-state index is 12.7. The van der Waals surface area contributed by atoms with E-state index < -0.39 is 0 Å². The molecular formula is C24H27N5O2S. The fourth-order valence-electron chi connectivity index (χ4n) is 3.90. The normalized spacial score (nSPS) is 14.3. The van der Waals surface area contributed by atoms with E-state index in [0.29, 0.717) is 31.1 Å². The number of ether oxygens (including phenoxy) is 1. The van der Waals surface area contributed by atoms with E-state index in [9.17, 15) is 4.79 Å². The zero-order chi connectivity index (χ0) is 22.5. The van der Waals surface area contributed by atoms with Gasteiger partial charge in [-0.05, 0) is 36.5 Å². The quantitative estimate of drug-likeness (QED) is 0.407. The number of carbonyl (C=O) groups is 1. The van der Waals surface area contributed by atoms with Gasteiger partial charge >= 0.3 is 0 Å². The zero-order valence-electron chi connectivity index (χ0n) is 18.2. The lowest BCUT2D eigenvalue weighted by atomic mass is 10.2. The van der Waals surface area contributed by atoms with Crippen molar-refractivity contribution in [2.75, 3.05) is 33.3 Å². The van der Waals surface area contributed by atoms with Crippen molar-refractivity contribution < 1.29 is 9.53 Å². The van der Waals surface area contributed by atoms with Gasteiger partial charge in [0.05, 0.1) is 19.3 Å². The van der Waals surface area contributed by atoms with E-state index in [1.165, 1.54) is 0 Å². The molecule has 3 aromatic rings. The standard InChI is InChI=1S/C24H27N5O2S/c1-3-13-28-22(20-11-7-8-12-21(20)31-2)25-29(24(28)32)18-26-14-16-27(17-15-26)23(30)19-9-5-4-6-10-19/h3-12H,1,13-18H2,2H3. The van der Waals surface area contributed by atoms with Crippen molar-refractivity contribution in [2.45, 2.75) is 13.2 Å². The fourth-order valence-corrected chi connectivity index (χ4v) is 4.16. The first kappa shape index (κ1) is 22.0. The fraction of sp³-hybridized carbons (Fsp3) is 0.292. The third kappa shape index (κ3) is 4.51. The average Bonchev–Trinajstić information content (AvgIpc) is 3.14. The molecule has 1 aliphatic heterocycles. The summed E-state index contributed by atoms with van der Waals surface area (Å²) in [4.78, 5) is 16.9. The number of methoxy groups -OCH3 is 1. The Hall–Kier alpha value is -3.23. The summed E-state index contributed by atoms with van der Waals surface area (Å²) in [5.74, 6) is 1.58. The van der Waals surface area contributed by atoms with E-state index in [2.05, 4.69) is 11.5 Å². The van der Waals surface area contributed by atoms with Crippen LogP contribution in [-0.2, 0) is 13.2 Å². The number of rotatable bonds is 7. The second-order valence-corrected chi connectivity index (χ2v) is 7.99. The Balaban J connectivity index is 1.50. The molecule has 32 heavy (non-hydrogen) atoms. The van der Waals surface area contributed by atoms with Gasteiger partial charge in [0, 0.05) is 38.3 Å². The minimum absolute atomic E-state index is 0.0792. The number of piperazine rings is 1. The van der Waals surface area contributed by atoms with Crippen LogP contribution in [0, 0.1) is 4.77 Å². The molecule has 166 valence electrons. The molecule has 0 N–H and O–H groups in total. The van der Waals surface area contributed by atoms with Crippen LogP contribution in [0.25, 0.3) is 11.4 Å². The SMILES string of the molecule is C=CCn1c(-c2ccccc2OC)nn(CN2CCN(C(=O)c3ccccc3)CC2)c1=S. The van der Waals surface area contributed by atoms with Crippen LogP contribution in [0.15, 0.2) is 67.3 Å². The highest BCUT2D eigenvalue weighted by molar-refractivity contribution is 7.71. The molecule has 1 aliphatic rings. The Morgan fingerprint density at radius 3 is 2.47 bits per heavy atom. The van der Waals surface area contributed by atoms with Crippen LogP contribution < -0.4 is 4.74 Å². The second-order valence-electron chi connectivity index (χ2n) is 7.62. The minimum atomic E-state index is 0.0792. The first-order chi connectivity index (χ1) is 15.6. The molecular weight excluding hydrogens is 422 g/mol. The highest BCUT2D eigenvalue weighted by Gasteiger charge is 2.23. The third-order valence-corrected chi connectivity index (χ3v) is 6.03. The van der Waals surface area contributed by atoms with E-state index in [0.717, 1.165) is 35.8 Å². The zero-order valence-corrected chi connectivity index (χ0v) is 19.0. The van der Waals surface area contributed by atoms with Crippen molar-refractivity contribution in [1.82, 2.24) is 24.1 Å². The average molecular weight is 450 g/mol. The number of amides is 1. The number of allylic oxidation sites excluding steroid dienone is 1. The number of carbonyl (C=O) groups excluding carboxylic acids is 1. The van der Waals surface area contributed by atoms with E-state index in [1.54, 1.807) is 7.11 Å². The molecule has 0 saturated carbocycles. The van der Waals surface area contributed by atoms with Gasteiger partial charge in [0.25, 0.3) is 5.91 Å². The van der Waals surface area contributed by atoms with Crippen molar-refractivity contribution in [2.24, 2.45) is 0 Å². The van der Waals surface area contributed by atoms with Crippen molar-refractivity contribution in [3.63, 3.8) is 0 Å². The van der Waals surface area contributed by atoms with Gasteiger partial charge in [0.1, 0.15) is 5.75 Å². The first-order valence-corrected chi connectivity index (χ1v) is 11.0. The third-order valence-electron chi connectivity index (χ3n) is 5.60. The predicted molar refractivity (Wildman–Crippen MR) is 127 cm³/mol. The molecule has 1 fully saturated rings. The van der Waals surface area contributed by atoms with E-state index in [1.807, 2.05) is 74.8 Å². The number of para-hydroxylation sites is 1. The van der Waals surface area contributed by atoms with Crippen LogP contribution >= 0.6 is 12.2 Å². The molecule has 1 amide bonds. The Morgan fingerprint density at radius 1 is 1.09 bits per heavy atom. The van der Waals surface area contributed by atoms with Gasteiger partial charge < -0.3 is 9.64 Å². The van der Waals surface area contributed by atoms with Gasteiger partial charge in [-0.3, -0.25) is 14.3 Å². The Labute approximate surface area is 193 Å². The predicted octanol–water partition coefficient (Wildman–Crippen LogP) is 3.69. The lowest BCUT2D eigenvalue weighted by molar-refractivity contribution is 0.0585. The summed E-state index contributed by atoms with van der Waals surface area (Å²) in [6.07, 6.45) is 1.81. The summed E-state index contributed by atoms with van der Waals surface area (Å²) < 4.78 is 9.98. The highest BCUT2D eigenvalue weighted by Crippen LogP contribution is 2.29. The molecule has 1 saturated heterocycles. The summed E-state index contributed by atoms with van der Waals surface area (Å²) in [7, 11) is 1.65. The molecule has 8 heteroatoms. The number of hydrogen-bond acceptors (Lipinski definition) is 5. The maximum Gasteiger partial charge on any atom is 0.253 e. The highest BCUT2D eigenvalue weighted by atomic mass is 32.1. The summed E-state index contributed by atoms with van der Waals surface area (Å²) in [6.45, 7) is 7.87. The first-order valence-electron chi connectivity index (χ1n) is 10.6. The van der Waals surface area contributed by atoms with E-state index >= 15 is 0 Å². The largest absolute Gasteiger partial charge is 0.496 e. The molecule has 0 aliphatic carbocycles. The van der Waals surface area contributed by atoms with E-state index in [-0.39, 0.29) is 5.91 Å². The summed E-state index contributed by atoms with van der Waals surface area (Å²) >= 11 is 5.74. The lowest BCUT2D eigenvalue weighted by Gasteiger charge is -2.34. The van der Waals surface area contributed by atoms with Crippen LogP contribution in [0.3, 0.4) is 0 Å². The second kappa shape index (κ2) is 9.93. The van der Waals surface area contributed by atoms with Crippen LogP contribution in [0.5, 0.6) is 5.75 Å². The molecule has 0 atom stereocenters. The number of nitrogens with zero attached hydrogens (tertiary/aromatic N) is 5. The van der Waals surface area contributed by atoms with E-state index in [4.69, 9.17) is 22.1 Å². The topological polar surface area (TPSA) is 55.5 Å². The van der Waals surface area contributed by atoms with Crippen LogP contribution in [0.2, 0.25) is 0 Å². The number of aromatic nitrogens is 3. The number of benzene rings is 2. The molecule has 2 heterocycles. The van der Waals surface area contributed by atoms with Crippen molar-refractivity contribution in [1.29, 1.82) is 0 Å². The van der Waals surface area contributed by atoms with Crippen molar-refractivity contribution in [3.05, 3.63) is 77.6 Å². The summed E-state index contributed by atoms with van der Waals surface area (Å²) in [5.41, 5.74) is 1.62. The Kier molecular flexibility index (Phi) is 6.82. The van der Waals surface area contributed by atoms with Crippen molar-refractivity contribution in [3.8, 4) is 17.1 Å². The molecule has 0 spiro atoms. The maximum absolute atomic E-state index is 12.7. The molecule has 0 unspecified atom stereocenters. The molecule has 0 bridgehead atoms. The van der Waals surface area contributed by atoms with Crippen LogP contribution in [0.4, 0.5) is 0 Å². The van der Waals surface area contributed by atoms with Gasteiger partial charge in [0.15, 0.2) is 10.6 Å². The smallest absolute Gasteiger partial charge is 0.253 e. The van der Waals surface area contributed by atoms with Gasteiger partial charge in [-0.2, -0.15) is 5.10 Å². The van der Waals surface area contributed by atoms with Gasteiger partial charge in [0.2, 0.25) is 0 Å². The molecule has 1 aromatic heterocycles. The van der Waals surface area contributed by atoms with Crippen molar-refractivity contribution >= 4 is 18.1 Å². The Morgan fingerprint density at radius 2 is 1.78 bits per heavy atom. The Bertz CT molecular complexity index is 1150. The van der Waals surface area contributed by atoms with Gasteiger partial charge in [-0.15, -0.1) is 6.58 Å². The molecule has 2 aromatic carbocycles. The van der Waals surface area contributed by atoms with Crippen LogP contribution in [0.1, 0.15) is 10.4 Å². The minimum Gasteiger partial charge on any atom is -0.496 e. The molecule has 7 nitrogen and oxygen atoms in total. The summed E-state index contributed by atoms with van der Waals surface area (Å²) in [6, 6.07) is 17.2. The number of hydrogen-bond donors (Lipinski definition) is 0. The molecule has 4 rings (SSSR count). The lowest BCUT2D eigenvalue weighted by Crippen LogP contribution is -2.49. The molecule has 0 radical (unpaired) electrons. The summed E-state index contributed by atoms with van der Waals surface area (Å²) in [5, 5.41) is 4.83.